The maximum absolute atomic E-state index is 11.8. The van der Waals surface area contributed by atoms with Gasteiger partial charge in [-0.25, -0.2) is 4.98 Å². The van der Waals surface area contributed by atoms with E-state index in [-0.39, 0.29) is 5.78 Å². The number of hydrogen-bond acceptors (Lipinski definition) is 3. The molecular formula is C14H19N3O. The van der Waals surface area contributed by atoms with Gasteiger partial charge in [0.05, 0.1) is 17.6 Å². The van der Waals surface area contributed by atoms with Crippen molar-refractivity contribution in [1.82, 2.24) is 14.9 Å². The van der Waals surface area contributed by atoms with E-state index in [1.54, 1.807) is 7.05 Å². The lowest BCUT2D eigenvalue weighted by molar-refractivity contribution is 0.0993. The molecule has 1 heterocycles. The molecule has 0 aliphatic carbocycles. The van der Waals surface area contributed by atoms with Crippen LogP contribution < -0.4 is 5.32 Å². The summed E-state index contributed by atoms with van der Waals surface area (Å²) in [7, 11) is 3.79. The van der Waals surface area contributed by atoms with E-state index in [0.717, 1.165) is 16.9 Å². The predicted molar refractivity (Wildman–Crippen MR) is 73.1 cm³/mol. The average molecular weight is 245 g/mol. The first-order valence-corrected chi connectivity index (χ1v) is 6.18. The van der Waals surface area contributed by atoms with E-state index in [1.165, 1.54) is 0 Å². The SMILES string of the molecule is CNCC(=O)c1ccc2c(c1)nc(C(C)C)n2C. The van der Waals surface area contributed by atoms with Crippen LogP contribution in [0, 0.1) is 0 Å². The maximum atomic E-state index is 11.8. The number of Topliss-reactive ketones (excluding diaryl/α,β-unsaturated/α-hetero) is 1. The molecule has 1 N–H and O–H groups in total. The first kappa shape index (κ1) is 12.8. The number of nitrogens with one attached hydrogen (secondary N) is 1. The molecule has 0 aliphatic heterocycles. The number of fused-ring (bicyclic) bond motifs is 1. The van der Waals surface area contributed by atoms with Crippen molar-refractivity contribution in [3.05, 3.63) is 29.6 Å². The standard InChI is InChI=1S/C14H19N3O/c1-9(2)14-16-11-7-10(13(18)8-15-3)5-6-12(11)17(14)4/h5-7,9,15H,8H2,1-4H3. The molecular weight excluding hydrogens is 226 g/mol. The van der Waals surface area contributed by atoms with E-state index in [4.69, 9.17) is 0 Å². The Bertz CT molecular complexity index is 584. The first-order valence-electron chi connectivity index (χ1n) is 6.18. The normalized spacial score (nSPS) is 11.4. The fourth-order valence-electron chi connectivity index (χ4n) is 2.17. The van der Waals surface area contributed by atoms with Gasteiger partial charge in [-0.3, -0.25) is 4.79 Å². The molecule has 18 heavy (non-hydrogen) atoms. The number of nitrogens with zero attached hydrogens (tertiary/aromatic N) is 2. The van der Waals surface area contributed by atoms with Crippen molar-refractivity contribution in [2.24, 2.45) is 7.05 Å². The van der Waals surface area contributed by atoms with Gasteiger partial charge in [-0.05, 0) is 25.2 Å². The summed E-state index contributed by atoms with van der Waals surface area (Å²) in [6, 6.07) is 5.71. The van der Waals surface area contributed by atoms with Crippen molar-refractivity contribution in [1.29, 1.82) is 0 Å². The van der Waals surface area contributed by atoms with Crippen molar-refractivity contribution < 1.29 is 4.79 Å². The largest absolute Gasteiger partial charge is 0.331 e. The van der Waals surface area contributed by atoms with Crippen LogP contribution in [-0.4, -0.2) is 28.9 Å². The third-order valence-corrected chi connectivity index (χ3v) is 3.09. The van der Waals surface area contributed by atoms with Gasteiger partial charge >= 0.3 is 0 Å². The van der Waals surface area contributed by atoms with E-state index in [1.807, 2.05) is 25.2 Å². The van der Waals surface area contributed by atoms with Crippen LogP contribution in [0.15, 0.2) is 18.2 Å². The number of likely N-dealkylation sites (N-methyl/N-ethyl adjacent to an activating group) is 1. The lowest BCUT2D eigenvalue weighted by Gasteiger charge is -2.04. The van der Waals surface area contributed by atoms with Gasteiger partial charge in [0.2, 0.25) is 0 Å². The lowest BCUT2D eigenvalue weighted by Crippen LogP contribution is -2.18. The molecule has 0 radical (unpaired) electrons. The van der Waals surface area contributed by atoms with Crippen LogP contribution in [0.1, 0.15) is 35.9 Å². The minimum absolute atomic E-state index is 0.0937. The summed E-state index contributed by atoms with van der Waals surface area (Å²) < 4.78 is 2.09. The van der Waals surface area contributed by atoms with Crippen molar-refractivity contribution in [3.8, 4) is 0 Å². The highest BCUT2D eigenvalue weighted by molar-refractivity contribution is 6.00. The number of imidazole rings is 1. The fraction of sp³-hybridized carbons (Fsp3) is 0.429. The van der Waals surface area contributed by atoms with Crippen LogP contribution in [-0.2, 0) is 7.05 Å². The molecule has 0 atom stereocenters. The number of benzene rings is 1. The van der Waals surface area contributed by atoms with Gasteiger partial charge in [0, 0.05) is 18.5 Å². The zero-order valence-corrected chi connectivity index (χ0v) is 11.3. The number of rotatable bonds is 4. The number of aryl methyl sites for hydroxylation is 1. The van der Waals surface area contributed by atoms with Crippen molar-refractivity contribution in [3.63, 3.8) is 0 Å². The Hall–Kier alpha value is -1.68. The Balaban J connectivity index is 2.49. The highest BCUT2D eigenvalue weighted by atomic mass is 16.1. The Kier molecular flexibility index (Phi) is 3.48. The summed E-state index contributed by atoms with van der Waals surface area (Å²) in [5.74, 6) is 1.51. The monoisotopic (exact) mass is 245 g/mol. The van der Waals surface area contributed by atoms with Gasteiger partial charge in [-0.2, -0.15) is 0 Å². The Morgan fingerprint density at radius 1 is 1.44 bits per heavy atom. The minimum Gasteiger partial charge on any atom is -0.331 e. The third kappa shape index (κ3) is 2.16. The smallest absolute Gasteiger partial charge is 0.176 e. The minimum atomic E-state index is 0.0937. The molecule has 2 rings (SSSR count). The molecule has 0 bridgehead atoms. The van der Waals surface area contributed by atoms with Gasteiger partial charge in [0.25, 0.3) is 0 Å². The average Bonchev–Trinajstić information content (AvgIpc) is 2.67. The van der Waals surface area contributed by atoms with E-state index >= 15 is 0 Å². The number of aromatic nitrogens is 2. The highest BCUT2D eigenvalue weighted by Gasteiger charge is 2.12. The molecule has 0 saturated carbocycles. The van der Waals surface area contributed by atoms with Crippen molar-refractivity contribution in [2.75, 3.05) is 13.6 Å². The third-order valence-electron chi connectivity index (χ3n) is 3.09. The summed E-state index contributed by atoms with van der Waals surface area (Å²) in [4.78, 5) is 16.4. The van der Waals surface area contributed by atoms with Crippen LogP contribution in [0.2, 0.25) is 0 Å². The van der Waals surface area contributed by atoms with Crippen molar-refractivity contribution in [2.45, 2.75) is 19.8 Å². The predicted octanol–water partition coefficient (Wildman–Crippen LogP) is 2.10. The number of carbonyl (C=O) groups excluding carboxylic acids is 1. The van der Waals surface area contributed by atoms with Gasteiger partial charge in [0.1, 0.15) is 5.82 Å². The molecule has 0 amide bonds. The van der Waals surface area contributed by atoms with Gasteiger partial charge in [0.15, 0.2) is 5.78 Å². The van der Waals surface area contributed by atoms with Gasteiger partial charge in [-0.1, -0.05) is 13.8 Å². The summed E-state index contributed by atoms with van der Waals surface area (Å²) >= 11 is 0. The van der Waals surface area contributed by atoms with E-state index < -0.39 is 0 Å². The van der Waals surface area contributed by atoms with Crippen LogP contribution in [0.4, 0.5) is 0 Å². The molecule has 0 spiro atoms. The molecule has 4 nitrogen and oxygen atoms in total. The quantitative estimate of drug-likeness (QED) is 0.839. The Morgan fingerprint density at radius 3 is 2.78 bits per heavy atom. The Labute approximate surface area is 107 Å². The fourth-order valence-corrected chi connectivity index (χ4v) is 2.17. The lowest BCUT2D eigenvalue weighted by atomic mass is 10.1. The van der Waals surface area contributed by atoms with Crippen LogP contribution in [0.3, 0.4) is 0 Å². The molecule has 1 aromatic carbocycles. The second-order valence-electron chi connectivity index (χ2n) is 4.84. The highest BCUT2D eigenvalue weighted by Crippen LogP contribution is 2.21. The van der Waals surface area contributed by atoms with Gasteiger partial charge < -0.3 is 9.88 Å². The van der Waals surface area contributed by atoms with Crippen LogP contribution in [0.5, 0.6) is 0 Å². The maximum Gasteiger partial charge on any atom is 0.176 e. The van der Waals surface area contributed by atoms with Crippen molar-refractivity contribution >= 4 is 16.8 Å². The molecule has 0 aliphatic rings. The second-order valence-corrected chi connectivity index (χ2v) is 4.84. The molecule has 0 fully saturated rings. The van der Waals surface area contributed by atoms with Crippen LogP contribution >= 0.6 is 0 Å². The summed E-state index contributed by atoms with van der Waals surface area (Å²) in [5, 5.41) is 2.87. The zero-order valence-electron chi connectivity index (χ0n) is 11.3. The summed E-state index contributed by atoms with van der Waals surface area (Å²) in [6.45, 7) is 4.60. The Morgan fingerprint density at radius 2 is 2.17 bits per heavy atom. The topological polar surface area (TPSA) is 46.9 Å². The van der Waals surface area contributed by atoms with Crippen LogP contribution in [0.25, 0.3) is 11.0 Å². The van der Waals surface area contributed by atoms with Gasteiger partial charge in [-0.15, -0.1) is 0 Å². The van der Waals surface area contributed by atoms with E-state index in [2.05, 4.69) is 28.7 Å². The molecule has 2 aromatic rings. The van der Waals surface area contributed by atoms with E-state index in [9.17, 15) is 4.79 Å². The number of carbonyl (C=O) groups is 1. The molecule has 0 unspecified atom stereocenters. The second kappa shape index (κ2) is 4.90. The molecule has 1 aromatic heterocycles. The number of ketones is 1. The zero-order chi connectivity index (χ0) is 13.3. The summed E-state index contributed by atoms with van der Waals surface area (Å²) in [5.41, 5.74) is 2.67. The molecule has 4 heteroatoms. The molecule has 96 valence electrons. The van der Waals surface area contributed by atoms with E-state index in [0.29, 0.717) is 18.0 Å². The first-order chi connectivity index (χ1) is 8.54. The summed E-state index contributed by atoms with van der Waals surface area (Å²) in [6.07, 6.45) is 0. The molecule has 0 saturated heterocycles. The number of hydrogen-bond donors (Lipinski definition) is 1.